The van der Waals surface area contributed by atoms with Crippen LogP contribution in [0, 0.1) is 5.92 Å². The second-order valence-electron chi connectivity index (χ2n) is 7.72. The molecule has 4 N–H and O–H groups in total. The number of piperidine rings is 1. The molecule has 0 aromatic heterocycles. The number of likely N-dealkylation sites (tertiary alicyclic amines) is 1. The van der Waals surface area contributed by atoms with E-state index in [1.165, 1.54) is 19.3 Å². The van der Waals surface area contributed by atoms with Crippen molar-refractivity contribution in [1.29, 1.82) is 0 Å². The van der Waals surface area contributed by atoms with Crippen LogP contribution in [0.15, 0.2) is 0 Å². The maximum Gasteiger partial charge on any atom is 0.0987 e. The van der Waals surface area contributed by atoms with Crippen LogP contribution in [0.1, 0.15) is 57.8 Å². The molecule has 5 heteroatoms. The van der Waals surface area contributed by atoms with Gasteiger partial charge in [0.1, 0.15) is 0 Å². The number of rotatable bonds is 4. The third kappa shape index (κ3) is 2.82. The van der Waals surface area contributed by atoms with Gasteiger partial charge >= 0.3 is 0 Å². The summed E-state index contributed by atoms with van der Waals surface area (Å²) in [6.45, 7) is 3.27. The lowest BCUT2D eigenvalue weighted by Gasteiger charge is -2.51. The quantitative estimate of drug-likeness (QED) is 0.612. The minimum absolute atomic E-state index is 0.0906. The van der Waals surface area contributed by atoms with Gasteiger partial charge in [0.05, 0.1) is 23.4 Å². The van der Waals surface area contributed by atoms with Gasteiger partial charge in [0.25, 0.3) is 0 Å². The highest BCUT2D eigenvalue weighted by atomic mass is 16.4. The Morgan fingerprint density at radius 1 is 0.955 bits per heavy atom. The summed E-state index contributed by atoms with van der Waals surface area (Å²) >= 11 is 0. The van der Waals surface area contributed by atoms with Crippen LogP contribution in [-0.4, -0.2) is 68.4 Å². The van der Waals surface area contributed by atoms with Crippen molar-refractivity contribution < 1.29 is 20.4 Å². The van der Waals surface area contributed by atoms with E-state index in [0.29, 0.717) is 19.3 Å². The molecule has 1 aliphatic heterocycles. The van der Waals surface area contributed by atoms with Gasteiger partial charge in [0, 0.05) is 12.3 Å². The summed E-state index contributed by atoms with van der Waals surface area (Å²) in [6, 6.07) is 0. The smallest absolute Gasteiger partial charge is 0.0987 e. The zero-order valence-electron chi connectivity index (χ0n) is 13.5. The van der Waals surface area contributed by atoms with E-state index in [9.17, 15) is 20.4 Å². The standard InChI is InChI=1S/C17H31NO4/c19-14-12-16(21)7-5-8-17(16,22)13(15(14)20)6-4-11-18-9-2-1-3-10-18/h13-15,19-22H,1-12H2. The SMILES string of the molecule is OC1CC2(O)CCCC2(O)C(CCCN2CCCCC2)C1O. The molecule has 3 aliphatic rings. The Bertz CT molecular complexity index is 387. The number of hydrogen-bond donors (Lipinski definition) is 4. The fraction of sp³-hybridized carbons (Fsp3) is 1.00. The average molecular weight is 313 g/mol. The summed E-state index contributed by atoms with van der Waals surface area (Å²) in [5.74, 6) is -0.423. The van der Waals surface area contributed by atoms with Crippen molar-refractivity contribution in [2.45, 2.75) is 81.2 Å². The maximum atomic E-state index is 11.0. The number of aliphatic hydroxyl groups excluding tert-OH is 2. The molecule has 5 unspecified atom stereocenters. The number of fused-ring (bicyclic) bond motifs is 1. The summed E-state index contributed by atoms with van der Waals surface area (Å²) in [6.07, 6.45) is 5.44. The van der Waals surface area contributed by atoms with Gasteiger partial charge < -0.3 is 25.3 Å². The van der Waals surface area contributed by atoms with Crippen LogP contribution >= 0.6 is 0 Å². The van der Waals surface area contributed by atoms with Gasteiger partial charge in [0.15, 0.2) is 0 Å². The normalized spacial score (nSPS) is 46.6. The van der Waals surface area contributed by atoms with Crippen molar-refractivity contribution in [3.63, 3.8) is 0 Å². The Hall–Kier alpha value is -0.200. The molecule has 22 heavy (non-hydrogen) atoms. The van der Waals surface area contributed by atoms with E-state index in [-0.39, 0.29) is 6.42 Å². The molecule has 1 saturated heterocycles. The predicted molar refractivity (Wildman–Crippen MR) is 83.4 cm³/mol. The van der Waals surface area contributed by atoms with Crippen LogP contribution in [-0.2, 0) is 0 Å². The topological polar surface area (TPSA) is 84.2 Å². The average Bonchev–Trinajstić information content (AvgIpc) is 2.80. The second-order valence-corrected chi connectivity index (χ2v) is 7.72. The fourth-order valence-electron chi connectivity index (χ4n) is 5.05. The summed E-state index contributed by atoms with van der Waals surface area (Å²) < 4.78 is 0. The van der Waals surface area contributed by atoms with Gasteiger partial charge in [-0.05, 0) is 64.6 Å². The minimum atomic E-state index is -1.23. The van der Waals surface area contributed by atoms with Gasteiger partial charge in [0.2, 0.25) is 0 Å². The molecule has 0 aromatic rings. The molecule has 2 saturated carbocycles. The van der Waals surface area contributed by atoms with Crippen molar-refractivity contribution >= 4 is 0 Å². The van der Waals surface area contributed by atoms with Gasteiger partial charge in [-0.15, -0.1) is 0 Å². The zero-order valence-corrected chi connectivity index (χ0v) is 13.5. The highest BCUT2D eigenvalue weighted by Gasteiger charge is 2.63. The zero-order chi connectivity index (χ0) is 15.8. The lowest BCUT2D eigenvalue weighted by atomic mass is 9.63. The largest absolute Gasteiger partial charge is 0.390 e. The van der Waals surface area contributed by atoms with Gasteiger partial charge in [-0.25, -0.2) is 0 Å². The lowest BCUT2D eigenvalue weighted by Crippen LogP contribution is -2.65. The molecular formula is C17H31NO4. The Labute approximate surface area is 132 Å². The van der Waals surface area contributed by atoms with Gasteiger partial charge in [-0.3, -0.25) is 0 Å². The lowest BCUT2D eigenvalue weighted by molar-refractivity contribution is -0.241. The third-order valence-electron chi connectivity index (χ3n) is 6.36. The first-order chi connectivity index (χ1) is 10.5. The molecule has 0 spiro atoms. The maximum absolute atomic E-state index is 11.0. The number of hydrogen-bond acceptors (Lipinski definition) is 5. The first kappa shape index (κ1) is 16.7. The molecule has 1 heterocycles. The Morgan fingerprint density at radius 3 is 2.41 bits per heavy atom. The molecule has 3 rings (SSSR count). The summed E-state index contributed by atoms with van der Waals surface area (Å²) in [5.41, 5.74) is -2.45. The van der Waals surface area contributed by atoms with Crippen LogP contribution in [0.2, 0.25) is 0 Å². The van der Waals surface area contributed by atoms with Crippen LogP contribution in [0.5, 0.6) is 0 Å². The Kier molecular flexibility index (Phi) is 4.82. The summed E-state index contributed by atoms with van der Waals surface area (Å²) in [4.78, 5) is 2.44. The van der Waals surface area contributed by atoms with Crippen molar-refractivity contribution in [1.82, 2.24) is 4.90 Å². The molecule has 5 atom stereocenters. The molecule has 5 nitrogen and oxygen atoms in total. The highest BCUT2D eigenvalue weighted by molar-refractivity contribution is 5.14. The first-order valence-corrected chi connectivity index (χ1v) is 8.99. The molecular weight excluding hydrogens is 282 g/mol. The second kappa shape index (κ2) is 6.36. The summed E-state index contributed by atoms with van der Waals surface area (Å²) in [5, 5.41) is 42.2. The first-order valence-electron chi connectivity index (χ1n) is 8.99. The van der Waals surface area contributed by atoms with Crippen LogP contribution in [0.3, 0.4) is 0 Å². The molecule has 0 aromatic carbocycles. The minimum Gasteiger partial charge on any atom is -0.390 e. The van der Waals surface area contributed by atoms with Crippen LogP contribution in [0.4, 0.5) is 0 Å². The third-order valence-corrected chi connectivity index (χ3v) is 6.36. The number of nitrogens with zero attached hydrogens (tertiary/aromatic N) is 1. The molecule has 0 amide bonds. The van der Waals surface area contributed by atoms with Gasteiger partial charge in [-0.1, -0.05) is 6.42 Å². The van der Waals surface area contributed by atoms with E-state index in [2.05, 4.69) is 4.90 Å². The monoisotopic (exact) mass is 313 g/mol. The molecule has 3 fully saturated rings. The molecule has 0 radical (unpaired) electrons. The molecule has 2 aliphatic carbocycles. The predicted octanol–water partition coefficient (Wildman–Crippen LogP) is 0.640. The Balaban J connectivity index is 1.62. The summed E-state index contributed by atoms with van der Waals surface area (Å²) in [7, 11) is 0. The van der Waals surface area contributed by atoms with E-state index >= 15 is 0 Å². The highest BCUT2D eigenvalue weighted by Crippen LogP contribution is 2.52. The van der Waals surface area contributed by atoms with Crippen LogP contribution in [0.25, 0.3) is 0 Å². The van der Waals surface area contributed by atoms with E-state index in [4.69, 9.17) is 0 Å². The van der Waals surface area contributed by atoms with Crippen LogP contribution < -0.4 is 0 Å². The van der Waals surface area contributed by atoms with E-state index in [1.54, 1.807) is 0 Å². The van der Waals surface area contributed by atoms with E-state index in [1.807, 2.05) is 0 Å². The van der Waals surface area contributed by atoms with Crippen molar-refractivity contribution in [3.05, 3.63) is 0 Å². The molecule has 128 valence electrons. The van der Waals surface area contributed by atoms with Crippen molar-refractivity contribution in [2.75, 3.05) is 19.6 Å². The number of aliphatic hydroxyl groups is 4. The van der Waals surface area contributed by atoms with Crippen molar-refractivity contribution in [3.8, 4) is 0 Å². The van der Waals surface area contributed by atoms with E-state index in [0.717, 1.165) is 32.5 Å². The van der Waals surface area contributed by atoms with E-state index < -0.39 is 29.3 Å². The van der Waals surface area contributed by atoms with Gasteiger partial charge in [-0.2, -0.15) is 0 Å². The Morgan fingerprint density at radius 2 is 1.68 bits per heavy atom. The molecule has 0 bridgehead atoms. The van der Waals surface area contributed by atoms with Crippen molar-refractivity contribution in [2.24, 2.45) is 5.92 Å². The fourth-order valence-corrected chi connectivity index (χ4v) is 5.05.